The van der Waals surface area contributed by atoms with Gasteiger partial charge < -0.3 is 9.80 Å². The average Bonchev–Trinajstić information content (AvgIpc) is 3.01. The smallest absolute Gasteiger partial charge is 0.322 e. The lowest BCUT2D eigenvalue weighted by atomic mass is 10.00. The van der Waals surface area contributed by atoms with Crippen LogP contribution >= 0.6 is 0 Å². The highest BCUT2D eigenvalue weighted by molar-refractivity contribution is 5.88. The van der Waals surface area contributed by atoms with Crippen LogP contribution in [0.4, 0.5) is 10.6 Å². The van der Waals surface area contributed by atoms with Gasteiger partial charge in [0, 0.05) is 31.9 Å². The largest absolute Gasteiger partial charge is 0.327 e. The first-order valence-electron chi connectivity index (χ1n) is 9.25. The molecule has 0 saturated carbocycles. The zero-order chi connectivity index (χ0) is 18.5. The number of aryl methyl sites for hydroxylation is 1. The molecule has 1 aliphatic rings. The molecular formula is C19H28N6O. The number of amides is 2. The van der Waals surface area contributed by atoms with Crippen LogP contribution in [0, 0.1) is 6.92 Å². The molecule has 0 bridgehead atoms. The van der Waals surface area contributed by atoms with E-state index in [0.717, 1.165) is 25.2 Å². The van der Waals surface area contributed by atoms with E-state index < -0.39 is 0 Å². The lowest BCUT2D eigenvalue weighted by Gasteiger charge is -2.33. The standard InChI is InChI=1S/C19H28N6O/c1-15-14-18(25(22-15)17-9-4-6-11-20-17)21-19(26)24(3)13-10-16-8-5-7-12-23(16)2/h4,6,9,11,14,16H,5,7-8,10,12-13H2,1-3H3,(H,21,26). The second-order valence-electron chi connectivity index (χ2n) is 7.04. The molecule has 7 heteroatoms. The highest BCUT2D eigenvalue weighted by Crippen LogP contribution is 2.19. The van der Waals surface area contributed by atoms with Gasteiger partial charge in [0.15, 0.2) is 5.82 Å². The summed E-state index contributed by atoms with van der Waals surface area (Å²) in [6.07, 6.45) is 6.49. The zero-order valence-electron chi connectivity index (χ0n) is 15.9. The zero-order valence-corrected chi connectivity index (χ0v) is 15.9. The number of hydrogen-bond acceptors (Lipinski definition) is 4. The van der Waals surface area contributed by atoms with Gasteiger partial charge >= 0.3 is 6.03 Å². The van der Waals surface area contributed by atoms with Crippen molar-refractivity contribution in [3.63, 3.8) is 0 Å². The van der Waals surface area contributed by atoms with Gasteiger partial charge in [-0.15, -0.1) is 0 Å². The molecule has 3 heterocycles. The van der Waals surface area contributed by atoms with Gasteiger partial charge in [-0.1, -0.05) is 12.5 Å². The number of aromatic nitrogens is 3. The third-order valence-corrected chi connectivity index (χ3v) is 5.00. The monoisotopic (exact) mass is 356 g/mol. The number of pyridine rings is 1. The van der Waals surface area contributed by atoms with Crippen LogP contribution < -0.4 is 5.32 Å². The average molecular weight is 356 g/mol. The van der Waals surface area contributed by atoms with Crippen LogP contribution in [-0.2, 0) is 0 Å². The van der Waals surface area contributed by atoms with E-state index in [0.29, 0.717) is 17.7 Å². The van der Waals surface area contributed by atoms with Gasteiger partial charge in [-0.25, -0.2) is 9.78 Å². The fourth-order valence-electron chi connectivity index (χ4n) is 3.40. The van der Waals surface area contributed by atoms with Crippen molar-refractivity contribution in [3.8, 4) is 5.82 Å². The SMILES string of the molecule is Cc1cc(NC(=O)N(C)CCC2CCCCN2C)n(-c2ccccn2)n1. The summed E-state index contributed by atoms with van der Waals surface area (Å²) in [6.45, 7) is 3.79. The number of carbonyl (C=O) groups excluding carboxylic acids is 1. The third-order valence-electron chi connectivity index (χ3n) is 5.00. The molecule has 1 aliphatic heterocycles. The van der Waals surface area contributed by atoms with Crippen LogP contribution in [0.5, 0.6) is 0 Å². The maximum Gasteiger partial charge on any atom is 0.322 e. The normalized spacial score (nSPS) is 17.9. The molecule has 3 rings (SSSR count). The Morgan fingerprint density at radius 3 is 2.96 bits per heavy atom. The van der Waals surface area contributed by atoms with Crippen LogP contribution in [-0.4, -0.2) is 63.8 Å². The van der Waals surface area contributed by atoms with Crippen molar-refractivity contribution in [3.05, 3.63) is 36.2 Å². The molecule has 0 radical (unpaired) electrons. The Morgan fingerprint density at radius 1 is 1.38 bits per heavy atom. The van der Waals surface area contributed by atoms with Gasteiger partial charge in [-0.3, -0.25) is 5.32 Å². The molecule has 0 aliphatic carbocycles. The van der Waals surface area contributed by atoms with Crippen LogP contribution in [0.3, 0.4) is 0 Å². The van der Waals surface area contributed by atoms with E-state index in [4.69, 9.17) is 0 Å². The van der Waals surface area contributed by atoms with E-state index in [1.165, 1.54) is 19.3 Å². The Morgan fingerprint density at radius 2 is 2.23 bits per heavy atom. The number of hydrogen-bond donors (Lipinski definition) is 1. The van der Waals surface area contributed by atoms with Crippen LogP contribution in [0.25, 0.3) is 5.82 Å². The molecule has 1 fully saturated rings. The van der Waals surface area contributed by atoms with E-state index in [1.807, 2.05) is 38.2 Å². The summed E-state index contributed by atoms with van der Waals surface area (Å²) in [5, 5.41) is 7.40. The van der Waals surface area contributed by atoms with Gasteiger partial charge in [0.2, 0.25) is 0 Å². The molecule has 1 N–H and O–H groups in total. The molecule has 140 valence electrons. The minimum absolute atomic E-state index is 0.124. The van der Waals surface area contributed by atoms with E-state index >= 15 is 0 Å². The number of piperidine rings is 1. The second-order valence-corrected chi connectivity index (χ2v) is 7.04. The first kappa shape index (κ1) is 18.4. The summed E-state index contributed by atoms with van der Waals surface area (Å²) in [4.78, 5) is 21.1. The summed E-state index contributed by atoms with van der Waals surface area (Å²) in [7, 11) is 4.02. The van der Waals surface area contributed by atoms with Crippen LogP contribution in [0.2, 0.25) is 0 Å². The lowest BCUT2D eigenvalue weighted by molar-refractivity contribution is 0.162. The Hall–Kier alpha value is -2.41. The van der Waals surface area contributed by atoms with E-state index in [2.05, 4.69) is 27.3 Å². The number of urea groups is 1. The van der Waals surface area contributed by atoms with Crippen molar-refractivity contribution < 1.29 is 4.79 Å². The Labute approximate surface area is 155 Å². The van der Waals surface area contributed by atoms with Gasteiger partial charge in [-0.05, 0) is 51.9 Å². The Bertz CT molecular complexity index is 729. The molecule has 0 aromatic carbocycles. The van der Waals surface area contributed by atoms with Crippen molar-refractivity contribution in [2.75, 3.05) is 32.5 Å². The number of likely N-dealkylation sites (tertiary alicyclic amines) is 1. The number of nitrogens with zero attached hydrogens (tertiary/aromatic N) is 5. The quantitative estimate of drug-likeness (QED) is 0.894. The minimum Gasteiger partial charge on any atom is -0.327 e. The lowest BCUT2D eigenvalue weighted by Crippen LogP contribution is -2.40. The fraction of sp³-hybridized carbons (Fsp3) is 0.526. The first-order valence-corrected chi connectivity index (χ1v) is 9.25. The first-order chi connectivity index (χ1) is 12.5. The molecule has 1 saturated heterocycles. The van der Waals surface area contributed by atoms with Crippen molar-refractivity contribution >= 4 is 11.8 Å². The highest BCUT2D eigenvalue weighted by atomic mass is 16.2. The summed E-state index contributed by atoms with van der Waals surface area (Å²) in [5.41, 5.74) is 0.831. The van der Waals surface area contributed by atoms with Gasteiger partial charge in [0.25, 0.3) is 0 Å². The Balaban J connectivity index is 1.61. The number of nitrogens with one attached hydrogen (secondary N) is 1. The van der Waals surface area contributed by atoms with Crippen molar-refractivity contribution in [2.45, 2.75) is 38.6 Å². The molecule has 0 spiro atoms. The topological polar surface area (TPSA) is 66.3 Å². The molecule has 2 amide bonds. The van der Waals surface area contributed by atoms with Crippen molar-refractivity contribution in [2.24, 2.45) is 0 Å². The molecule has 1 atom stereocenters. The van der Waals surface area contributed by atoms with E-state index in [-0.39, 0.29) is 6.03 Å². The maximum absolute atomic E-state index is 12.6. The summed E-state index contributed by atoms with van der Waals surface area (Å²) < 4.78 is 1.66. The molecule has 7 nitrogen and oxygen atoms in total. The number of carbonyl (C=O) groups is 1. The number of rotatable bonds is 5. The van der Waals surface area contributed by atoms with Crippen molar-refractivity contribution in [1.82, 2.24) is 24.6 Å². The van der Waals surface area contributed by atoms with Gasteiger partial charge in [0.05, 0.1) is 5.69 Å². The highest BCUT2D eigenvalue weighted by Gasteiger charge is 2.20. The molecule has 1 unspecified atom stereocenters. The summed E-state index contributed by atoms with van der Waals surface area (Å²) in [5.74, 6) is 1.32. The van der Waals surface area contributed by atoms with E-state index in [9.17, 15) is 4.79 Å². The summed E-state index contributed by atoms with van der Waals surface area (Å²) in [6, 6.07) is 7.92. The molecule has 26 heavy (non-hydrogen) atoms. The van der Waals surface area contributed by atoms with E-state index in [1.54, 1.807) is 15.8 Å². The second kappa shape index (κ2) is 8.31. The minimum atomic E-state index is -0.124. The number of anilines is 1. The predicted octanol–water partition coefficient (Wildman–Crippen LogP) is 2.91. The molecular weight excluding hydrogens is 328 g/mol. The van der Waals surface area contributed by atoms with Gasteiger partial charge in [0.1, 0.15) is 5.82 Å². The molecule has 2 aromatic rings. The fourth-order valence-corrected chi connectivity index (χ4v) is 3.40. The maximum atomic E-state index is 12.6. The summed E-state index contributed by atoms with van der Waals surface area (Å²) >= 11 is 0. The van der Waals surface area contributed by atoms with Gasteiger partial charge in [-0.2, -0.15) is 9.78 Å². The van der Waals surface area contributed by atoms with Crippen LogP contribution in [0.1, 0.15) is 31.4 Å². The van der Waals surface area contributed by atoms with Crippen LogP contribution in [0.15, 0.2) is 30.5 Å². The predicted molar refractivity (Wildman–Crippen MR) is 103 cm³/mol. The Kier molecular flexibility index (Phi) is 5.88. The van der Waals surface area contributed by atoms with Crippen molar-refractivity contribution in [1.29, 1.82) is 0 Å². The third kappa shape index (κ3) is 4.40. The molecule has 2 aromatic heterocycles.